The summed E-state index contributed by atoms with van der Waals surface area (Å²) in [6.07, 6.45) is 3.67. The zero-order valence-electron chi connectivity index (χ0n) is 15.8. The van der Waals surface area contributed by atoms with Crippen molar-refractivity contribution in [2.45, 2.75) is 50.7 Å². The monoisotopic (exact) mass is 383 g/mol. The first-order chi connectivity index (χ1) is 13.5. The maximum atomic E-state index is 12.7. The Balaban J connectivity index is 1.30. The number of hydrogen-bond acceptors (Lipinski definition) is 4. The molecule has 0 aromatic heterocycles. The van der Waals surface area contributed by atoms with Gasteiger partial charge >= 0.3 is 0 Å². The van der Waals surface area contributed by atoms with Gasteiger partial charge in [-0.15, -0.1) is 0 Å². The van der Waals surface area contributed by atoms with Gasteiger partial charge in [0.2, 0.25) is 17.6 Å². The van der Waals surface area contributed by atoms with Crippen LogP contribution in [0.25, 0.3) is 0 Å². The SMILES string of the molecule is O=C(NC1CN(C(=O)C2CCC2)C1)C(=O)[C@H]1CCC(=O)N1Cc1ccccc1. The highest BCUT2D eigenvalue weighted by Gasteiger charge is 2.41. The summed E-state index contributed by atoms with van der Waals surface area (Å²) in [5.74, 6) is -1.01. The van der Waals surface area contributed by atoms with Crippen LogP contribution in [0.15, 0.2) is 30.3 Å². The second-order valence-electron chi connectivity index (χ2n) is 7.97. The van der Waals surface area contributed by atoms with Gasteiger partial charge in [-0.05, 0) is 24.8 Å². The van der Waals surface area contributed by atoms with E-state index in [4.69, 9.17) is 0 Å². The molecule has 7 heteroatoms. The zero-order valence-corrected chi connectivity index (χ0v) is 15.8. The Hall–Kier alpha value is -2.70. The second-order valence-corrected chi connectivity index (χ2v) is 7.97. The molecule has 0 spiro atoms. The molecule has 1 aromatic carbocycles. The van der Waals surface area contributed by atoms with Gasteiger partial charge < -0.3 is 15.1 Å². The van der Waals surface area contributed by atoms with Crippen LogP contribution >= 0.6 is 0 Å². The van der Waals surface area contributed by atoms with Crippen molar-refractivity contribution in [2.75, 3.05) is 13.1 Å². The van der Waals surface area contributed by atoms with Crippen LogP contribution in [0.5, 0.6) is 0 Å². The number of carbonyl (C=O) groups is 4. The Morgan fingerprint density at radius 2 is 1.75 bits per heavy atom. The molecule has 0 radical (unpaired) electrons. The van der Waals surface area contributed by atoms with E-state index in [1.54, 1.807) is 4.90 Å². The smallest absolute Gasteiger partial charge is 0.289 e. The van der Waals surface area contributed by atoms with Gasteiger partial charge in [-0.25, -0.2) is 0 Å². The molecule has 148 valence electrons. The van der Waals surface area contributed by atoms with Crippen molar-refractivity contribution in [1.29, 1.82) is 0 Å². The van der Waals surface area contributed by atoms with Crippen LogP contribution in [0.4, 0.5) is 0 Å². The van der Waals surface area contributed by atoms with E-state index >= 15 is 0 Å². The zero-order chi connectivity index (χ0) is 19.7. The van der Waals surface area contributed by atoms with Crippen molar-refractivity contribution >= 4 is 23.5 Å². The van der Waals surface area contributed by atoms with E-state index < -0.39 is 17.7 Å². The molecular weight excluding hydrogens is 358 g/mol. The van der Waals surface area contributed by atoms with Crippen LogP contribution in [-0.4, -0.2) is 58.5 Å². The molecule has 1 aromatic rings. The third-order valence-corrected chi connectivity index (χ3v) is 6.03. The first kappa shape index (κ1) is 18.7. The lowest BCUT2D eigenvalue weighted by Gasteiger charge is -2.42. The number of hydrogen-bond donors (Lipinski definition) is 1. The third-order valence-electron chi connectivity index (χ3n) is 6.03. The summed E-state index contributed by atoms with van der Waals surface area (Å²) in [6, 6.07) is 8.56. The number of Topliss-reactive ketones (excluding diaryl/α,β-unsaturated/α-hetero) is 1. The minimum Gasteiger partial charge on any atom is -0.343 e. The molecule has 7 nitrogen and oxygen atoms in total. The number of ketones is 1. The van der Waals surface area contributed by atoms with Gasteiger partial charge in [0.1, 0.15) is 6.04 Å². The van der Waals surface area contributed by atoms with Crippen LogP contribution in [0, 0.1) is 5.92 Å². The Morgan fingerprint density at radius 3 is 2.39 bits per heavy atom. The van der Waals surface area contributed by atoms with E-state index in [0.717, 1.165) is 24.8 Å². The molecule has 3 aliphatic rings. The molecule has 28 heavy (non-hydrogen) atoms. The normalized spacial score (nSPS) is 22.6. The fraction of sp³-hybridized carbons (Fsp3) is 0.524. The predicted molar refractivity (Wildman–Crippen MR) is 101 cm³/mol. The van der Waals surface area contributed by atoms with Crippen molar-refractivity contribution in [3.63, 3.8) is 0 Å². The molecule has 1 aliphatic carbocycles. The third kappa shape index (κ3) is 3.66. The van der Waals surface area contributed by atoms with Crippen LogP contribution < -0.4 is 5.32 Å². The lowest BCUT2D eigenvalue weighted by Crippen LogP contribution is -2.63. The van der Waals surface area contributed by atoms with Crippen molar-refractivity contribution in [3.8, 4) is 0 Å². The number of rotatable bonds is 6. The van der Waals surface area contributed by atoms with E-state index in [9.17, 15) is 19.2 Å². The summed E-state index contributed by atoms with van der Waals surface area (Å²) in [7, 11) is 0. The highest BCUT2D eigenvalue weighted by Crippen LogP contribution is 2.29. The van der Waals surface area contributed by atoms with Crippen LogP contribution in [-0.2, 0) is 25.7 Å². The van der Waals surface area contributed by atoms with E-state index in [2.05, 4.69) is 5.32 Å². The number of nitrogens with zero attached hydrogens (tertiary/aromatic N) is 2. The van der Waals surface area contributed by atoms with Gasteiger partial charge in [-0.2, -0.15) is 0 Å². The van der Waals surface area contributed by atoms with Gasteiger partial charge in [0, 0.05) is 32.0 Å². The summed E-state index contributed by atoms with van der Waals surface area (Å²) in [5, 5.41) is 2.73. The molecule has 4 rings (SSSR count). The van der Waals surface area contributed by atoms with Crippen molar-refractivity contribution in [2.24, 2.45) is 5.92 Å². The molecule has 2 aliphatic heterocycles. The number of carbonyl (C=O) groups excluding carboxylic acids is 4. The Labute approximate surface area is 164 Å². The van der Waals surface area contributed by atoms with Crippen LogP contribution in [0.2, 0.25) is 0 Å². The van der Waals surface area contributed by atoms with E-state index in [1.807, 2.05) is 30.3 Å². The molecule has 2 heterocycles. The fourth-order valence-electron chi connectivity index (χ4n) is 4.06. The van der Waals surface area contributed by atoms with E-state index in [1.165, 1.54) is 4.90 Å². The molecule has 0 unspecified atom stereocenters. The Bertz CT molecular complexity index is 784. The second kappa shape index (κ2) is 7.73. The highest BCUT2D eigenvalue weighted by molar-refractivity contribution is 6.38. The van der Waals surface area contributed by atoms with Crippen molar-refractivity contribution < 1.29 is 19.2 Å². The summed E-state index contributed by atoms with van der Waals surface area (Å²) in [5.41, 5.74) is 0.931. The Morgan fingerprint density at radius 1 is 1.04 bits per heavy atom. The average Bonchev–Trinajstić information content (AvgIpc) is 2.96. The Kier molecular flexibility index (Phi) is 5.15. The summed E-state index contributed by atoms with van der Waals surface area (Å²) in [6.45, 7) is 1.26. The van der Waals surface area contributed by atoms with Crippen molar-refractivity contribution in [3.05, 3.63) is 35.9 Å². The first-order valence-electron chi connectivity index (χ1n) is 10.00. The maximum absolute atomic E-state index is 12.7. The molecular formula is C21H25N3O4. The average molecular weight is 383 g/mol. The highest BCUT2D eigenvalue weighted by atomic mass is 16.2. The first-order valence-corrected chi connectivity index (χ1v) is 10.00. The standard InChI is InChI=1S/C21H25N3O4/c25-18-10-9-17(24(18)11-14-5-2-1-3-6-14)19(26)20(27)22-16-12-23(13-16)21(28)15-7-4-8-15/h1-3,5-6,15-17H,4,7-13H2,(H,22,27)/t17-/m1/s1. The van der Waals surface area contributed by atoms with E-state index in [-0.39, 0.29) is 30.2 Å². The fourth-order valence-corrected chi connectivity index (χ4v) is 4.06. The molecule has 0 bridgehead atoms. The maximum Gasteiger partial charge on any atom is 0.289 e. The van der Waals surface area contributed by atoms with Gasteiger partial charge in [0.05, 0.1) is 6.04 Å². The summed E-state index contributed by atoms with van der Waals surface area (Å²) in [4.78, 5) is 52.7. The predicted octanol–water partition coefficient (Wildman–Crippen LogP) is 0.874. The van der Waals surface area contributed by atoms with E-state index in [0.29, 0.717) is 26.1 Å². The van der Waals surface area contributed by atoms with Crippen molar-refractivity contribution in [1.82, 2.24) is 15.1 Å². The lowest BCUT2D eigenvalue weighted by molar-refractivity contribution is -0.147. The van der Waals surface area contributed by atoms with Gasteiger partial charge in [-0.3, -0.25) is 19.2 Å². The molecule has 2 saturated heterocycles. The van der Waals surface area contributed by atoms with Gasteiger partial charge in [-0.1, -0.05) is 36.8 Å². The number of benzene rings is 1. The summed E-state index contributed by atoms with van der Waals surface area (Å²) < 4.78 is 0. The van der Waals surface area contributed by atoms with Gasteiger partial charge in [0.15, 0.2) is 0 Å². The molecule has 1 N–H and O–H groups in total. The largest absolute Gasteiger partial charge is 0.343 e. The molecule has 1 atom stereocenters. The molecule has 3 fully saturated rings. The minimum atomic E-state index is -0.708. The number of nitrogens with one attached hydrogen (secondary N) is 1. The number of likely N-dealkylation sites (tertiary alicyclic amines) is 2. The topological polar surface area (TPSA) is 86.8 Å². The van der Waals surface area contributed by atoms with Crippen LogP contribution in [0.3, 0.4) is 0 Å². The lowest BCUT2D eigenvalue weighted by atomic mass is 9.83. The van der Waals surface area contributed by atoms with Crippen LogP contribution in [0.1, 0.15) is 37.7 Å². The van der Waals surface area contributed by atoms with Gasteiger partial charge in [0.25, 0.3) is 5.91 Å². The minimum absolute atomic E-state index is 0.101. The number of amides is 3. The quantitative estimate of drug-likeness (QED) is 0.739. The summed E-state index contributed by atoms with van der Waals surface area (Å²) >= 11 is 0. The molecule has 1 saturated carbocycles. The molecule has 3 amide bonds.